The predicted octanol–water partition coefficient (Wildman–Crippen LogP) is 3.54. The molecule has 0 fully saturated rings. The lowest BCUT2D eigenvalue weighted by atomic mass is 10.1. The van der Waals surface area contributed by atoms with Crippen LogP contribution >= 0.6 is 0 Å². The van der Waals surface area contributed by atoms with Crippen molar-refractivity contribution in [3.05, 3.63) is 59.5 Å². The molecule has 152 valence electrons. The highest BCUT2D eigenvalue weighted by Gasteiger charge is 2.23. The number of hydrogen-bond donors (Lipinski definition) is 0. The van der Waals surface area contributed by atoms with Gasteiger partial charge < -0.3 is 18.8 Å². The van der Waals surface area contributed by atoms with Gasteiger partial charge in [-0.05, 0) is 42.8 Å². The van der Waals surface area contributed by atoms with Crippen LogP contribution in [-0.2, 0) is 13.6 Å². The van der Waals surface area contributed by atoms with Crippen LogP contribution in [0.4, 0.5) is 0 Å². The highest BCUT2D eigenvalue weighted by molar-refractivity contribution is 6.07. The lowest BCUT2D eigenvalue weighted by Crippen LogP contribution is -2.26. The van der Waals surface area contributed by atoms with Crippen molar-refractivity contribution >= 4 is 16.9 Å². The normalized spacial score (nSPS) is 12.5. The summed E-state index contributed by atoms with van der Waals surface area (Å²) in [6.07, 6.45) is 1.59. The molecule has 0 spiro atoms. The summed E-state index contributed by atoms with van der Waals surface area (Å²) >= 11 is 0. The van der Waals surface area contributed by atoms with Crippen LogP contribution in [0.25, 0.3) is 22.5 Å². The molecular weight excluding hydrogens is 384 g/mol. The van der Waals surface area contributed by atoms with E-state index in [0.29, 0.717) is 35.0 Å². The minimum atomic E-state index is -0.121. The summed E-state index contributed by atoms with van der Waals surface area (Å²) in [6.45, 7) is 2.53. The molecule has 0 aliphatic carbocycles. The first kappa shape index (κ1) is 18.2. The van der Waals surface area contributed by atoms with Gasteiger partial charge in [-0.15, -0.1) is 0 Å². The quantitative estimate of drug-likeness (QED) is 0.517. The molecule has 1 aromatic carbocycles. The number of aryl methyl sites for hydroxylation is 2. The Hall–Kier alpha value is -3.81. The number of carbonyl (C=O) groups excluding carboxylic acids is 1. The van der Waals surface area contributed by atoms with Crippen LogP contribution in [0.5, 0.6) is 11.5 Å². The molecule has 0 saturated carbocycles. The topological polar surface area (TPSA) is 82.6 Å². The maximum Gasteiger partial charge on any atom is 0.254 e. The van der Waals surface area contributed by atoms with Crippen LogP contribution in [0.1, 0.15) is 21.6 Å². The number of carbonyl (C=O) groups is 1. The second-order valence-electron chi connectivity index (χ2n) is 7.29. The minimum absolute atomic E-state index is 0.121. The summed E-state index contributed by atoms with van der Waals surface area (Å²) in [7, 11) is 3.59. The fourth-order valence-corrected chi connectivity index (χ4v) is 3.75. The fourth-order valence-electron chi connectivity index (χ4n) is 3.75. The summed E-state index contributed by atoms with van der Waals surface area (Å²) in [5, 5.41) is 5.21. The molecule has 30 heavy (non-hydrogen) atoms. The Morgan fingerprint density at radius 2 is 2.03 bits per heavy atom. The standard InChI is InChI=1S/C22H20N4O4/c1-13-20-15(10-16(17-5-4-8-28-17)23-21(20)26(3)24-13)22(27)25(2)11-14-6-7-18-19(9-14)30-12-29-18/h4-10H,11-12H2,1-3H3. The number of amides is 1. The summed E-state index contributed by atoms with van der Waals surface area (Å²) in [4.78, 5) is 19.8. The first-order chi connectivity index (χ1) is 14.5. The fraction of sp³-hybridized carbons (Fsp3) is 0.227. The number of pyridine rings is 1. The average Bonchev–Trinajstić information content (AvgIpc) is 3.48. The molecule has 4 heterocycles. The van der Waals surface area contributed by atoms with E-state index in [0.717, 1.165) is 22.4 Å². The summed E-state index contributed by atoms with van der Waals surface area (Å²) < 4.78 is 18.0. The van der Waals surface area contributed by atoms with Gasteiger partial charge in [0.25, 0.3) is 5.91 Å². The van der Waals surface area contributed by atoms with Crippen LogP contribution < -0.4 is 9.47 Å². The van der Waals surface area contributed by atoms with Gasteiger partial charge in [-0.1, -0.05) is 6.07 Å². The monoisotopic (exact) mass is 404 g/mol. The van der Waals surface area contributed by atoms with Crippen LogP contribution in [0.15, 0.2) is 47.1 Å². The molecule has 8 heteroatoms. The number of nitrogens with zero attached hydrogens (tertiary/aromatic N) is 4. The molecule has 1 aliphatic heterocycles. The van der Waals surface area contributed by atoms with E-state index < -0.39 is 0 Å². The lowest BCUT2D eigenvalue weighted by Gasteiger charge is -2.18. The molecule has 5 rings (SSSR count). The van der Waals surface area contributed by atoms with Gasteiger partial charge >= 0.3 is 0 Å². The highest BCUT2D eigenvalue weighted by atomic mass is 16.7. The van der Waals surface area contributed by atoms with Gasteiger partial charge in [0.2, 0.25) is 6.79 Å². The third kappa shape index (κ3) is 2.97. The van der Waals surface area contributed by atoms with Gasteiger partial charge in [0, 0.05) is 20.6 Å². The second kappa shape index (κ2) is 6.91. The van der Waals surface area contributed by atoms with E-state index in [1.54, 1.807) is 35.0 Å². The number of hydrogen-bond acceptors (Lipinski definition) is 6. The Bertz CT molecular complexity index is 1260. The van der Waals surface area contributed by atoms with Crippen LogP contribution in [0.3, 0.4) is 0 Å². The first-order valence-electron chi connectivity index (χ1n) is 9.53. The molecule has 0 radical (unpaired) electrons. The zero-order valence-electron chi connectivity index (χ0n) is 16.9. The summed E-state index contributed by atoms with van der Waals surface area (Å²) in [5.41, 5.74) is 3.48. The molecule has 1 amide bonds. The molecule has 4 aromatic rings. The third-order valence-electron chi connectivity index (χ3n) is 5.18. The number of ether oxygens (including phenoxy) is 2. The molecule has 3 aromatic heterocycles. The highest BCUT2D eigenvalue weighted by Crippen LogP contribution is 2.33. The molecule has 8 nitrogen and oxygen atoms in total. The predicted molar refractivity (Wildman–Crippen MR) is 109 cm³/mol. The molecule has 0 saturated heterocycles. The van der Waals surface area contributed by atoms with Crippen molar-refractivity contribution in [3.63, 3.8) is 0 Å². The Morgan fingerprint density at radius 1 is 1.20 bits per heavy atom. The number of fused-ring (bicyclic) bond motifs is 2. The maximum atomic E-state index is 13.5. The zero-order valence-corrected chi connectivity index (χ0v) is 16.9. The van der Waals surface area contributed by atoms with Gasteiger partial charge in [-0.3, -0.25) is 9.48 Å². The van der Waals surface area contributed by atoms with Gasteiger partial charge in [0.15, 0.2) is 22.9 Å². The zero-order chi connectivity index (χ0) is 20.8. The molecular formula is C22H20N4O4. The van der Waals surface area contributed by atoms with E-state index in [1.165, 1.54) is 0 Å². The van der Waals surface area contributed by atoms with E-state index >= 15 is 0 Å². The summed E-state index contributed by atoms with van der Waals surface area (Å²) in [6, 6.07) is 11.1. The van der Waals surface area contributed by atoms with Gasteiger partial charge in [0.05, 0.1) is 22.9 Å². The average molecular weight is 404 g/mol. The van der Waals surface area contributed by atoms with E-state index in [9.17, 15) is 4.79 Å². The van der Waals surface area contributed by atoms with Crippen LogP contribution in [0.2, 0.25) is 0 Å². The van der Waals surface area contributed by atoms with E-state index in [2.05, 4.69) is 10.1 Å². The van der Waals surface area contributed by atoms with Crippen molar-refractivity contribution in [2.45, 2.75) is 13.5 Å². The SMILES string of the molecule is Cc1nn(C)c2nc(-c3ccco3)cc(C(=O)N(C)Cc3ccc4c(c3)OCO4)c12. The number of rotatable bonds is 4. The van der Waals surface area contributed by atoms with E-state index in [4.69, 9.17) is 13.9 Å². The largest absolute Gasteiger partial charge is 0.463 e. The first-order valence-corrected chi connectivity index (χ1v) is 9.53. The minimum Gasteiger partial charge on any atom is -0.463 e. The van der Waals surface area contributed by atoms with Gasteiger partial charge in [0.1, 0.15) is 5.69 Å². The van der Waals surface area contributed by atoms with Gasteiger partial charge in [-0.2, -0.15) is 5.10 Å². The van der Waals surface area contributed by atoms with Crippen molar-refractivity contribution < 1.29 is 18.7 Å². The van der Waals surface area contributed by atoms with Crippen LogP contribution in [0, 0.1) is 6.92 Å². The Morgan fingerprint density at radius 3 is 2.83 bits per heavy atom. The van der Waals surface area contributed by atoms with E-state index in [-0.39, 0.29) is 12.7 Å². The Balaban J connectivity index is 1.53. The lowest BCUT2D eigenvalue weighted by molar-refractivity contribution is 0.0787. The maximum absolute atomic E-state index is 13.5. The number of aromatic nitrogens is 3. The van der Waals surface area contributed by atoms with Crippen molar-refractivity contribution in [1.29, 1.82) is 0 Å². The number of benzene rings is 1. The van der Waals surface area contributed by atoms with Crippen LogP contribution in [-0.4, -0.2) is 39.4 Å². The number of furan rings is 1. The van der Waals surface area contributed by atoms with Crippen molar-refractivity contribution in [2.75, 3.05) is 13.8 Å². The molecule has 0 atom stereocenters. The second-order valence-corrected chi connectivity index (χ2v) is 7.29. The van der Waals surface area contributed by atoms with E-state index in [1.807, 2.05) is 38.2 Å². The smallest absolute Gasteiger partial charge is 0.254 e. The molecule has 1 aliphatic rings. The van der Waals surface area contributed by atoms with Crippen molar-refractivity contribution in [3.8, 4) is 23.0 Å². The molecule has 0 unspecified atom stereocenters. The Labute approximate surface area is 172 Å². The third-order valence-corrected chi connectivity index (χ3v) is 5.18. The van der Waals surface area contributed by atoms with Crippen molar-refractivity contribution in [2.24, 2.45) is 7.05 Å². The molecule has 0 bridgehead atoms. The van der Waals surface area contributed by atoms with Gasteiger partial charge in [-0.25, -0.2) is 4.98 Å². The Kier molecular flexibility index (Phi) is 4.20. The summed E-state index contributed by atoms with van der Waals surface area (Å²) in [5.74, 6) is 1.90. The van der Waals surface area contributed by atoms with Crippen molar-refractivity contribution in [1.82, 2.24) is 19.7 Å². The molecule has 0 N–H and O–H groups in total.